The predicted octanol–water partition coefficient (Wildman–Crippen LogP) is 6.33. The summed E-state index contributed by atoms with van der Waals surface area (Å²) in [7, 11) is 4.04. The van der Waals surface area contributed by atoms with E-state index in [1.807, 2.05) is 58.3 Å². The molecular weight excluding hydrogens is 422 g/mol. The summed E-state index contributed by atoms with van der Waals surface area (Å²) in [6.45, 7) is 9.53. The molecule has 0 saturated heterocycles. The molecule has 0 radical (unpaired) electrons. The Balaban J connectivity index is 2.18. The number of likely N-dealkylation sites (N-methyl/N-ethyl adjacent to an activating group) is 1. The maximum absolute atomic E-state index is 11.8. The lowest BCUT2D eigenvalue weighted by Crippen LogP contribution is -2.19. The summed E-state index contributed by atoms with van der Waals surface area (Å²) in [5.41, 5.74) is 7.12. The van der Waals surface area contributed by atoms with Gasteiger partial charge in [-0.3, -0.25) is 4.79 Å². The summed E-state index contributed by atoms with van der Waals surface area (Å²) in [5, 5.41) is 0. The first-order chi connectivity index (χ1) is 16.3. The van der Waals surface area contributed by atoms with E-state index >= 15 is 0 Å². The molecule has 0 aromatic heterocycles. The number of aldehydes is 1. The zero-order chi connectivity index (χ0) is 24.7. The molecule has 3 rings (SSSR count). The van der Waals surface area contributed by atoms with Crippen LogP contribution in [0.1, 0.15) is 36.1 Å². The fourth-order valence-electron chi connectivity index (χ4n) is 3.96. The molecule has 0 unspecified atom stereocenters. The second kappa shape index (κ2) is 11.7. The molecule has 0 bridgehead atoms. The van der Waals surface area contributed by atoms with Gasteiger partial charge in [0.15, 0.2) is 0 Å². The first-order valence-electron chi connectivity index (χ1n) is 11.7. The Morgan fingerprint density at radius 1 is 0.882 bits per heavy atom. The third-order valence-electron chi connectivity index (χ3n) is 5.40. The molecule has 0 aliphatic heterocycles. The van der Waals surface area contributed by atoms with Gasteiger partial charge in [-0.2, -0.15) is 0 Å². The summed E-state index contributed by atoms with van der Waals surface area (Å²) < 4.78 is 12.3. The number of hydrogen-bond donors (Lipinski definition) is 0. The first-order valence-corrected chi connectivity index (χ1v) is 11.7. The average Bonchev–Trinajstić information content (AvgIpc) is 2.77. The maximum Gasteiger partial charge on any atom is 0.143 e. The number of rotatable bonds is 10. The molecule has 34 heavy (non-hydrogen) atoms. The molecule has 0 saturated carbocycles. The molecule has 4 heteroatoms. The lowest BCUT2D eigenvalue weighted by Gasteiger charge is -2.20. The lowest BCUT2D eigenvalue weighted by molar-refractivity contribution is -0.104. The van der Waals surface area contributed by atoms with Gasteiger partial charge >= 0.3 is 0 Å². The predicted molar refractivity (Wildman–Crippen MR) is 141 cm³/mol. The molecule has 0 atom stereocenters. The zero-order valence-electron chi connectivity index (χ0n) is 21.1. The molecule has 3 aromatic rings. The second-order valence-corrected chi connectivity index (χ2v) is 9.12. The number of allylic oxidation sites excluding steroid dienone is 1. The molecule has 0 fully saturated rings. The van der Waals surface area contributed by atoms with Crippen LogP contribution in [0.25, 0.3) is 16.7 Å². The molecule has 0 aliphatic carbocycles. The zero-order valence-corrected chi connectivity index (χ0v) is 21.1. The molecule has 0 N–H and O–H groups in total. The van der Waals surface area contributed by atoms with Crippen LogP contribution in [0.5, 0.6) is 11.5 Å². The van der Waals surface area contributed by atoms with E-state index in [1.165, 1.54) is 11.1 Å². The molecule has 0 aliphatic rings. The largest absolute Gasteiger partial charge is 0.492 e. The molecule has 4 nitrogen and oxygen atoms in total. The van der Waals surface area contributed by atoms with E-state index in [0.29, 0.717) is 6.61 Å². The van der Waals surface area contributed by atoms with Gasteiger partial charge in [0.05, 0.1) is 6.10 Å². The molecule has 0 heterocycles. The Labute approximate surface area is 203 Å². The van der Waals surface area contributed by atoms with E-state index in [1.54, 1.807) is 6.08 Å². The van der Waals surface area contributed by atoms with Gasteiger partial charge in [0.1, 0.15) is 24.4 Å². The van der Waals surface area contributed by atoms with E-state index < -0.39 is 0 Å². The third-order valence-corrected chi connectivity index (χ3v) is 5.40. The van der Waals surface area contributed by atoms with Crippen LogP contribution in [-0.4, -0.2) is 44.5 Å². The number of ether oxygens (including phenoxy) is 2. The van der Waals surface area contributed by atoms with Gasteiger partial charge in [-0.15, -0.1) is 0 Å². The number of carbonyl (C=O) groups is 1. The topological polar surface area (TPSA) is 38.8 Å². The summed E-state index contributed by atoms with van der Waals surface area (Å²) in [5.74, 6) is 1.48. The van der Waals surface area contributed by atoms with Crippen molar-refractivity contribution in [1.29, 1.82) is 0 Å². The summed E-state index contributed by atoms with van der Waals surface area (Å²) >= 11 is 0. The highest BCUT2D eigenvalue weighted by molar-refractivity contribution is 5.94. The standard InChI is InChI=1S/C30H35NO3/c1-21(2)34-30-10-8-7-9-27(30)26(13-15-32)28-20-24(25-18-22(3)17-23(4)19-25)11-12-29(28)33-16-14-31(5)6/h7-13,15,17-21H,14,16H2,1-6H3. The second-order valence-electron chi connectivity index (χ2n) is 9.12. The van der Waals surface area contributed by atoms with Crippen LogP contribution < -0.4 is 9.47 Å². The molecule has 3 aromatic carbocycles. The Kier molecular flexibility index (Phi) is 8.67. The number of nitrogens with zero attached hydrogens (tertiary/aromatic N) is 1. The lowest BCUT2D eigenvalue weighted by atomic mass is 9.92. The molecular formula is C30H35NO3. The van der Waals surface area contributed by atoms with Crippen molar-refractivity contribution in [2.24, 2.45) is 0 Å². The van der Waals surface area contributed by atoms with Crippen LogP contribution in [0, 0.1) is 13.8 Å². The third kappa shape index (κ3) is 6.58. The van der Waals surface area contributed by atoms with Crippen molar-refractivity contribution in [2.45, 2.75) is 33.8 Å². The van der Waals surface area contributed by atoms with Crippen LogP contribution in [0.2, 0.25) is 0 Å². The highest BCUT2D eigenvalue weighted by atomic mass is 16.5. The van der Waals surface area contributed by atoms with Gasteiger partial charge < -0.3 is 14.4 Å². The highest BCUT2D eigenvalue weighted by Crippen LogP contribution is 2.38. The van der Waals surface area contributed by atoms with E-state index in [9.17, 15) is 4.79 Å². The van der Waals surface area contributed by atoms with Crippen LogP contribution in [0.4, 0.5) is 0 Å². The Hall–Kier alpha value is -3.37. The van der Waals surface area contributed by atoms with E-state index in [0.717, 1.165) is 52.2 Å². The minimum Gasteiger partial charge on any atom is -0.492 e. The summed E-state index contributed by atoms with van der Waals surface area (Å²) in [4.78, 5) is 13.9. The van der Waals surface area contributed by atoms with Gasteiger partial charge in [0.2, 0.25) is 0 Å². The van der Waals surface area contributed by atoms with Gasteiger partial charge in [-0.25, -0.2) is 0 Å². The first kappa shape index (κ1) is 25.3. The van der Waals surface area contributed by atoms with E-state index in [2.05, 4.69) is 49.1 Å². The van der Waals surface area contributed by atoms with Crippen LogP contribution in [0.15, 0.2) is 66.7 Å². The molecule has 178 valence electrons. The Bertz CT molecular complexity index is 1140. The average molecular weight is 458 g/mol. The smallest absolute Gasteiger partial charge is 0.143 e. The van der Waals surface area contributed by atoms with Crippen LogP contribution >= 0.6 is 0 Å². The van der Waals surface area contributed by atoms with Crippen LogP contribution in [-0.2, 0) is 4.79 Å². The fourth-order valence-corrected chi connectivity index (χ4v) is 3.96. The molecule has 0 amide bonds. The number of benzene rings is 3. The summed E-state index contributed by atoms with van der Waals surface area (Å²) in [6, 6.07) is 20.5. The van der Waals surface area contributed by atoms with Crippen molar-refractivity contribution < 1.29 is 14.3 Å². The Morgan fingerprint density at radius 2 is 1.59 bits per heavy atom. The van der Waals surface area contributed by atoms with Crippen molar-refractivity contribution in [3.05, 3.63) is 89.0 Å². The van der Waals surface area contributed by atoms with E-state index in [4.69, 9.17) is 9.47 Å². The van der Waals surface area contributed by atoms with Crippen molar-refractivity contribution in [2.75, 3.05) is 27.2 Å². The Morgan fingerprint density at radius 3 is 2.24 bits per heavy atom. The minimum atomic E-state index is 0.0102. The van der Waals surface area contributed by atoms with Crippen molar-refractivity contribution in [3.63, 3.8) is 0 Å². The van der Waals surface area contributed by atoms with E-state index in [-0.39, 0.29) is 6.10 Å². The number of aryl methyl sites for hydroxylation is 2. The number of carbonyl (C=O) groups excluding carboxylic acids is 1. The van der Waals surface area contributed by atoms with Crippen molar-refractivity contribution in [3.8, 4) is 22.6 Å². The normalized spacial score (nSPS) is 11.7. The van der Waals surface area contributed by atoms with Gasteiger partial charge in [-0.1, -0.05) is 53.6 Å². The SMILES string of the molecule is Cc1cc(C)cc(-c2ccc(OCCN(C)C)c(C(=CC=O)c3ccccc3OC(C)C)c2)c1. The quantitative estimate of drug-likeness (QED) is 0.263. The molecule has 0 spiro atoms. The maximum atomic E-state index is 11.8. The summed E-state index contributed by atoms with van der Waals surface area (Å²) in [6.07, 6.45) is 2.44. The number of hydrogen-bond acceptors (Lipinski definition) is 4. The monoisotopic (exact) mass is 457 g/mol. The van der Waals surface area contributed by atoms with Gasteiger partial charge in [0, 0.05) is 17.7 Å². The van der Waals surface area contributed by atoms with Crippen molar-refractivity contribution >= 4 is 11.9 Å². The fraction of sp³-hybridized carbons (Fsp3) is 0.300. The number of para-hydroxylation sites is 1. The van der Waals surface area contributed by atoms with Gasteiger partial charge in [-0.05, 0) is 82.8 Å². The highest BCUT2D eigenvalue weighted by Gasteiger charge is 2.17. The van der Waals surface area contributed by atoms with Crippen LogP contribution in [0.3, 0.4) is 0 Å². The van der Waals surface area contributed by atoms with Gasteiger partial charge in [0.25, 0.3) is 0 Å². The minimum absolute atomic E-state index is 0.0102. The van der Waals surface area contributed by atoms with Crippen molar-refractivity contribution in [1.82, 2.24) is 4.90 Å².